The molecule has 0 amide bonds. The third kappa shape index (κ3) is 5.43. The molecule has 1 aromatic carbocycles. The third-order valence-electron chi connectivity index (χ3n) is 4.73. The Bertz CT molecular complexity index is 516. The quantitative estimate of drug-likeness (QED) is 0.715. The second-order valence-electron chi connectivity index (χ2n) is 7.41. The van der Waals surface area contributed by atoms with E-state index in [1.54, 1.807) is 6.07 Å². The van der Waals surface area contributed by atoms with Crippen LogP contribution in [0.25, 0.3) is 0 Å². The lowest BCUT2D eigenvalue weighted by molar-refractivity contribution is 0.122. The smallest absolute Gasteiger partial charge is 0.146 e. The minimum atomic E-state index is -0.163. The van der Waals surface area contributed by atoms with E-state index >= 15 is 0 Å². The second kappa shape index (κ2) is 8.79. The van der Waals surface area contributed by atoms with E-state index in [1.165, 1.54) is 0 Å². The van der Waals surface area contributed by atoms with Crippen molar-refractivity contribution in [2.24, 2.45) is 5.41 Å². The molecule has 4 nitrogen and oxygen atoms in total. The van der Waals surface area contributed by atoms with Crippen LogP contribution in [0.3, 0.4) is 0 Å². The van der Waals surface area contributed by atoms with Gasteiger partial charge in [-0.1, -0.05) is 19.9 Å². The summed E-state index contributed by atoms with van der Waals surface area (Å²) in [6.07, 6.45) is 1.96. The number of ether oxygens (including phenoxy) is 1. The van der Waals surface area contributed by atoms with E-state index in [2.05, 4.69) is 26.1 Å². The lowest BCUT2D eigenvalue weighted by Crippen LogP contribution is -2.36. The third-order valence-corrected chi connectivity index (χ3v) is 4.73. The standard InChI is InChI=1S/C19H31FN2O2/c1-15(21-8-4-7-19(2,3)14-23)16-5-6-18(17(20)13-16)22-9-11-24-12-10-22/h5-6,13,15,21,23H,4,7-12,14H2,1-3H3. The van der Waals surface area contributed by atoms with Gasteiger partial charge in [0.05, 0.1) is 18.9 Å². The van der Waals surface area contributed by atoms with Gasteiger partial charge in [-0.2, -0.15) is 0 Å². The van der Waals surface area contributed by atoms with Crippen molar-refractivity contribution >= 4 is 5.69 Å². The van der Waals surface area contributed by atoms with Crippen molar-refractivity contribution in [1.82, 2.24) is 5.32 Å². The summed E-state index contributed by atoms with van der Waals surface area (Å²) in [5.41, 5.74) is 1.60. The number of nitrogens with zero attached hydrogens (tertiary/aromatic N) is 1. The minimum Gasteiger partial charge on any atom is -0.396 e. The predicted molar refractivity (Wildman–Crippen MR) is 96.0 cm³/mol. The molecule has 1 atom stereocenters. The maximum absolute atomic E-state index is 14.4. The number of anilines is 1. The molecule has 1 aromatic rings. The molecule has 0 bridgehead atoms. The van der Waals surface area contributed by atoms with Crippen LogP contribution in [0.5, 0.6) is 0 Å². The van der Waals surface area contributed by atoms with Crippen molar-refractivity contribution in [3.63, 3.8) is 0 Å². The summed E-state index contributed by atoms with van der Waals surface area (Å²) in [5, 5.41) is 12.7. The van der Waals surface area contributed by atoms with Gasteiger partial charge in [-0.05, 0) is 49.4 Å². The van der Waals surface area contributed by atoms with Gasteiger partial charge in [-0.25, -0.2) is 4.39 Å². The Kier molecular flexibility index (Phi) is 7.02. The van der Waals surface area contributed by atoms with Crippen LogP contribution in [0, 0.1) is 11.2 Å². The number of benzene rings is 1. The molecule has 0 aromatic heterocycles. The summed E-state index contributed by atoms with van der Waals surface area (Å²) in [6.45, 7) is 10.0. The minimum absolute atomic E-state index is 0.0309. The van der Waals surface area contributed by atoms with Gasteiger partial charge in [0.2, 0.25) is 0 Å². The first kappa shape index (κ1) is 19.2. The van der Waals surface area contributed by atoms with Gasteiger partial charge in [0.25, 0.3) is 0 Å². The van der Waals surface area contributed by atoms with Crippen LogP contribution in [0.15, 0.2) is 18.2 Å². The van der Waals surface area contributed by atoms with E-state index in [0.29, 0.717) is 18.9 Å². The number of nitrogens with one attached hydrogen (secondary N) is 1. The maximum Gasteiger partial charge on any atom is 0.146 e. The van der Waals surface area contributed by atoms with Gasteiger partial charge in [0.1, 0.15) is 5.82 Å². The van der Waals surface area contributed by atoms with E-state index in [-0.39, 0.29) is 23.9 Å². The molecule has 2 N–H and O–H groups in total. The van der Waals surface area contributed by atoms with E-state index in [9.17, 15) is 9.50 Å². The Morgan fingerprint density at radius 3 is 2.67 bits per heavy atom. The summed E-state index contributed by atoms with van der Waals surface area (Å²) in [6, 6.07) is 5.63. The molecule has 0 aliphatic carbocycles. The zero-order chi connectivity index (χ0) is 17.6. The van der Waals surface area contributed by atoms with Crippen LogP contribution in [-0.2, 0) is 4.74 Å². The SMILES string of the molecule is CC(NCCCC(C)(C)CO)c1ccc(N2CCOCC2)c(F)c1. The maximum atomic E-state index is 14.4. The Morgan fingerprint density at radius 1 is 1.33 bits per heavy atom. The molecule has 0 radical (unpaired) electrons. The van der Waals surface area contributed by atoms with Crippen molar-refractivity contribution < 1.29 is 14.2 Å². The van der Waals surface area contributed by atoms with Crippen LogP contribution in [0.1, 0.15) is 45.2 Å². The monoisotopic (exact) mass is 338 g/mol. The number of morpholine rings is 1. The van der Waals surface area contributed by atoms with Crippen molar-refractivity contribution in [2.45, 2.75) is 39.7 Å². The first-order chi connectivity index (χ1) is 11.4. The fourth-order valence-electron chi connectivity index (χ4n) is 2.94. The zero-order valence-corrected chi connectivity index (χ0v) is 15.1. The normalized spacial score (nSPS) is 17.1. The van der Waals surface area contributed by atoms with Gasteiger partial charge in [0.15, 0.2) is 0 Å². The topological polar surface area (TPSA) is 44.7 Å². The van der Waals surface area contributed by atoms with Crippen LogP contribution in [-0.4, -0.2) is 44.6 Å². The van der Waals surface area contributed by atoms with E-state index < -0.39 is 0 Å². The van der Waals surface area contributed by atoms with Crippen molar-refractivity contribution in [2.75, 3.05) is 44.4 Å². The summed E-state index contributed by atoms with van der Waals surface area (Å²) in [7, 11) is 0. The molecule has 1 fully saturated rings. The molecular weight excluding hydrogens is 307 g/mol. The molecule has 136 valence electrons. The molecule has 1 heterocycles. The predicted octanol–water partition coefficient (Wildman–Crippen LogP) is 3.11. The molecule has 24 heavy (non-hydrogen) atoms. The molecule has 5 heteroatoms. The van der Waals surface area contributed by atoms with Gasteiger partial charge in [-0.3, -0.25) is 0 Å². The summed E-state index contributed by atoms with van der Waals surface area (Å²) < 4.78 is 19.8. The molecule has 1 aliphatic heterocycles. The highest BCUT2D eigenvalue weighted by Crippen LogP contribution is 2.25. The molecular formula is C19H31FN2O2. The molecule has 0 saturated carbocycles. The molecule has 1 aliphatic rings. The van der Waals surface area contributed by atoms with Crippen LogP contribution in [0.4, 0.5) is 10.1 Å². The molecule has 2 rings (SSSR count). The lowest BCUT2D eigenvalue weighted by atomic mass is 9.89. The number of halogens is 1. The average molecular weight is 338 g/mol. The Labute approximate surface area is 145 Å². The highest BCUT2D eigenvalue weighted by atomic mass is 19.1. The Balaban J connectivity index is 1.86. The van der Waals surface area contributed by atoms with Crippen LogP contribution in [0.2, 0.25) is 0 Å². The first-order valence-electron chi connectivity index (χ1n) is 8.89. The largest absolute Gasteiger partial charge is 0.396 e. The number of hydrogen-bond donors (Lipinski definition) is 2. The summed E-state index contributed by atoms with van der Waals surface area (Å²) in [5.74, 6) is -0.163. The number of aliphatic hydroxyl groups excluding tert-OH is 1. The second-order valence-corrected chi connectivity index (χ2v) is 7.41. The van der Waals surface area contributed by atoms with Crippen LogP contribution < -0.4 is 10.2 Å². The zero-order valence-electron chi connectivity index (χ0n) is 15.1. The average Bonchev–Trinajstić information content (AvgIpc) is 2.59. The van der Waals surface area contributed by atoms with Crippen LogP contribution >= 0.6 is 0 Å². The van der Waals surface area contributed by atoms with Gasteiger partial charge < -0.3 is 20.1 Å². The highest BCUT2D eigenvalue weighted by Gasteiger charge is 2.17. The fourth-order valence-corrected chi connectivity index (χ4v) is 2.94. The summed E-state index contributed by atoms with van der Waals surface area (Å²) in [4.78, 5) is 2.04. The highest BCUT2D eigenvalue weighted by molar-refractivity contribution is 5.49. The first-order valence-corrected chi connectivity index (χ1v) is 8.89. The van der Waals surface area contributed by atoms with Gasteiger partial charge in [0, 0.05) is 25.7 Å². The molecule has 1 saturated heterocycles. The Morgan fingerprint density at radius 2 is 2.04 bits per heavy atom. The molecule has 0 spiro atoms. The van der Waals surface area contributed by atoms with E-state index in [0.717, 1.165) is 38.0 Å². The van der Waals surface area contributed by atoms with E-state index in [4.69, 9.17) is 4.74 Å². The summed E-state index contributed by atoms with van der Waals surface area (Å²) >= 11 is 0. The molecule has 1 unspecified atom stereocenters. The fraction of sp³-hybridized carbons (Fsp3) is 0.684. The van der Waals surface area contributed by atoms with Crippen molar-refractivity contribution in [3.8, 4) is 0 Å². The Hall–Kier alpha value is -1.17. The number of hydrogen-bond acceptors (Lipinski definition) is 4. The number of aliphatic hydroxyl groups is 1. The van der Waals surface area contributed by atoms with Gasteiger partial charge >= 0.3 is 0 Å². The lowest BCUT2D eigenvalue weighted by Gasteiger charge is -2.29. The van der Waals surface area contributed by atoms with E-state index in [1.807, 2.05) is 17.0 Å². The van der Waals surface area contributed by atoms with Gasteiger partial charge in [-0.15, -0.1) is 0 Å². The van der Waals surface area contributed by atoms with Crippen molar-refractivity contribution in [1.29, 1.82) is 0 Å². The van der Waals surface area contributed by atoms with Crippen molar-refractivity contribution in [3.05, 3.63) is 29.6 Å². The number of rotatable bonds is 8.